The molecule has 0 amide bonds. The van der Waals surface area contributed by atoms with Gasteiger partial charge in [0.2, 0.25) is 6.23 Å². The summed E-state index contributed by atoms with van der Waals surface area (Å²) in [6.45, 7) is 12.4. The number of nitrogens with zero attached hydrogens (tertiary/aromatic N) is 1. The standard InChI is InChI=1S/C7H17NO4S.C6H10O2/c1-4-7(9)8(5-2,6-3)13(10,11)12;1-4-8-6(7)5(2)3/h7,9H,4-6H2,1-3H3;2,4H2,1,3H3/p+1. The second-order valence-corrected chi connectivity index (χ2v) is 6.05. The first-order chi connectivity index (χ1) is 9.53. The average Bonchev–Trinajstić information content (AvgIpc) is 2.39. The molecule has 0 aromatic heterocycles. The third-order valence-electron chi connectivity index (χ3n) is 3.06. The molecule has 2 N–H and O–H groups in total. The summed E-state index contributed by atoms with van der Waals surface area (Å²) in [6.07, 6.45) is -0.772. The van der Waals surface area contributed by atoms with Crippen molar-refractivity contribution in [1.29, 1.82) is 0 Å². The Kier molecular flexibility index (Phi) is 10.5. The molecule has 0 bridgehead atoms. The minimum atomic E-state index is -4.25. The zero-order valence-corrected chi connectivity index (χ0v) is 14.3. The fourth-order valence-electron chi connectivity index (χ4n) is 1.71. The van der Waals surface area contributed by atoms with Crippen LogP contribution in [0.25, 0.3) is 0 Å². The van der Waals surface area contributed by atoms with Crippen LogP contribution in [-0.2, 0) is 19.8 Å². The normalized spacial score (nSPS) is 12.9. The molecule has 1 unspecified atom stereocenters. The number of esters is 1. The lowest BCUT2D eigenvalue weighted by Crippen LogP contribution is -2.58. The minimum absolute atomic E-state index is 0.157. The average molecular weight is 326 g/mol. The molecule has 1 atom stereocenters. The van der Waals surface area contributed by atoms with Gasteiger partial charge in [-0.1, -0.05) is 13.5 Å². The molecule has 126 valence electrons. The maximum absolute atomic E-state index is 11.1. The van der Waals surface area contributed by atoms with Crippen molar-refractivity contribution in [2.45, 2.75) is 47.3 Å². The molecule has 0 fully saturated rings. The Morgan fingerprint density at radius 1 is 1.24 bits per heavy atom. The Labute approximate surface area is 127 Å². The lowest BCUT2D eigenvalue weighted by Gasteiger charge is -2.35. The predicted molar refractivity (Wildman–Crippen MR) is 80.6 cm³/mol. The van der Waals surface area contributed by atoms with Crippen molar-refractivity contribution < 1.29 is 31.5 Å². The lowest BCUT2D eigenvalue weighted by atomic mass is 10.3. The van der Waals surface area contributed by atoms with Crippen molar-refractivity contribution in [2.24, 2.45) is 0 Å². The van der Waals surface area contributed by atoms with E-state index in [1.165, 1.54) is 0 Å². The van der Waals surface area contributed by atoms with E-state index in [4.69, 9.17) is 4.55 Å². The quantitative estimate of drug-likeness (QED) is 0.242. The highest BCUT2D eigenvalue weighted by atomic mass is 32.2. The topological polar surface area (TPSA) is 101 Å². The summed E-state index contributed by atoms with van der Waals surface area (Å²) < 4.78 is 35.1. The van der Waals surface area contributed by atoms with Gasteiger partial charge in [0.1, 0.15) is 0 Å². The molecule has 0 radical (unpaired) electrons. The Bertz CT molecular complexity index is 428. The summed E-state index contributed by atoms with van der Waals surface area (Å²) in [5.74, 6) is -0.312. The van der Waals surface area contributed by atoms with Crippen LogP contribution in [0.15, 0.2) is 12.2 Å². The van der Waals surface area contributed by atoms with Crippen LogP contribution in [0.5, 0.6) is 0 Å². The highest BCUT2D eigenvalue weighted by Crippen LogP contribution is 2.19. The van der Waals surface area contributed by atoms with Crippen molar-refractivity contribution in [3.05, 3.63) is 12.2 Å². The molecule has 0 aromatic carbocycles. The highest BCUT2D eigenvalue weighted by molar-refractivity contribution is 7.80. The van der Waals surface area contributed by atoms with Crippen molar-refractivity contribution >= 4 is 16.3 Å². The maximum Gasteiger partial charge on any atom is 0.435 e. The molecular weight excluding hydrogens is 298 g/mol. The van der Waals surface area contributed by atoms with Gasteiger partial charge in [-0.15, -0.1) is 8.42 Å². The van der Waals surface area contributed by atoms with E-state index in [9.17, 15) is 18.3 Å². The molecule has 0 aliphatic rings. The van der Waals surface area contributed by atoms with Gasteiger partial charge in [0.15, 0.2) is 0 Å². The van der Waals surface area contributed by atoms with E-state index in [0.29, 0.717) is 18.6 Å². The zero-order chi connectivity index (χ0) is 17.3. The third-order valence-corrected chi connectivity index (χ3v) is 4.74. The van der Waals surface area contributed by atoms with Gasteiger partial charge >= 0.3 is 16.3 Å². The maximum atomic E-state index is 11.1. The van der Waals surface area contributed by atoms with Gasteiger partial charge in [0.05, 0.1) is 19.7 Å². The molecule has 0 aliphatic heterocycles. The van der Waals surface area contributed by atoms with Crippen molar-refractivity contribution in [3.63, 3.8) is 0 Å². The molecule has 0 aromatic rings. The molecule has 8 heteroatoms. The van der Waals surface area contributed by atoms with E-state index in [1.807, 2.05) is 0 Å². The second kappa shape index (κ2) is 9.88. The Morgan fingerprint density at radius 3 is 1.76 bits per heavy atom. The first-order valence-corrected chi connectivity index (χ1v) is 8.28. The Hall–Kier alpha value is -0.960. The van der Waals surface area contributed by atoms with E-state index in [2.05, 4.69) is 11.3 Å². The Morgan fingerprint density at radius 2 is 1.67 bits per heavy atom. The van der Waals surface area contributed by atoms with E-state index < -0.39 is 20.4 Å². The molecular formula is C13H28NO6S+. The Balaban J connectivity index is 0. The van der Waals surface area contributed by atoms with Crippen LogP contribution in [0.4, 0.5) is 0 Å². The highest BCUT2D eigenvalue weighted by Gasteiger charge is 2.43. The largest absolute Gasteiger partial charge is 0.463 e. The number of ether oxygens (including phenoxy) is 1. The van der Waals surface area contributed by atoms with Gasteiger partial charge in [-0.3, -0.25) is 0 Å². The fraction of sp³-hybridized carbons (Fsp3) is 0.769. The fourth-order valence-corrected chi connectivity index (χ4v) is 2.82. The van der Waals surface area contributed by atoms with Gasteiger partial charge in [0.25, 0.3) is 0 Å². The first-order valence-electron chi connectivity index (χ1n) is 6.88. The number of hydrogen-bond donors (Lipinski definition) is 2. The van der Waals surface area contributed by atoms with Gasteiger partial charge in [-0.2, -0.15) is 3.89 Å². The summed E-state index contributed by atoms with van der Waals surface area (Å²) in [4.78, 5) is 10.4. The van der Waals surface area contributed by atoms with Gasteiger partial charge in [-0.25, -0.2) is 9.35 Å². The SMILES string of the molecule is C=C(C)C(=O)OCC.CCC(O)[N+](CC)(CC)S(=O)(=O)O. The first kappa shape index (κ1) is 22.3. The van der Waals surface area contributed by atoms with E-state index in [0.717, 1.165) is 0 Å². The van der Waals surface area contributed by atoms with Gasteiger partial charge in [-0.05, 0) is 27.7 Å². The number of carbonyl (C=O) groups is 1. The van der Waals surface area contributed by atoms with Crippen molar-refractivity contribution in [3.8, 4) is 0 Å². The predicted octanol–water partition coefficient (Wildman–Crippen LogP) is 1.50. The minimum Gasteiger partial charge on any atom is -0.463 e. The summed E-state index contributed by atoms with van der Waals surface area (Å²) in [6, 6.07) is 0. The number of hydrogen-bond acceptors (Lipinski definition) is 5. The molecule has 0 spiro atoms. The molecule has 0 aliphatic carbocycles. The summed E-state index contributed by atoms with van der Waals surface area (Å²) in [5.41, 5.74) is 0.451. The molecule has 0 rings (SSSR count). The van der Waals surface area contributed by atoms with Crippen LogP contribution in [-0.4, -0.2) is 53.9 Å². The number of carbonyl (C=O) groups excluding carboxylic acids is 1. The summed E-state index contributed by atoms with van der Waals surface area (Å²) in [7, 11) is -4.25. The summed E-state index contributed by atoms with van der Waals surface area (Å²) >= 11 is 0. The van der Waals surface area contributed by atoms with Crippen LogP contribution in [0.3, 0.4) is 0 Å². The zero-order valence-electron chi connectivity index (χ0n) is 13.5. The number of aliphatic hydroxyl groups is 1. The van der Waals surface area contributed by atoms with Crippen LogP contribution < -0.4 is 0 Å². The molecule has 0 saturated carbocycles. The molecule has 21 heavy (non-hydrogen) atoms. The summed E-state index contributed by atoms with van der Waals surface area (Å²) in [5, 5.41) is 9.54. The second-order valence-electron chi connectivity index (χ2n) is 4.42. The van der Waals surface area contributed by atoms with E-state index in [-0.39, 0.29) is 19.1 Å². The van der Waals surface area contributed by atoms with Crippen LogP contribution >= 0.6 is 0 Å². The number of aliphatic hydroxyl groups excluding tert-OH is 1. The van der Waals surface area contributed by atoms with Gasteiger partial charge in [0, 0.05) is 12.0 Å². The molecule has 0 saturated heterocycles. The van der Waals surface area contributed by atoms with Crippen LogP contribution in [0.2, 0.25) is 0 Å². The smallest absolute Gasteiger partial charge is 0.435 e. The molecule has 0 heterocycles. The van der Waals surface area contributed by atoms with Crippen molar-refractivity contribution in [2.75, 3.05) is 19.7 Å². The van der Waals surface area contributed by atoms with Crippen molar-refractivity contribution in [1.82, 2.24) is 0 Å². The van der Waals surface area contributed by atoms with E-state index in [1.54, 1.807) is 34.6 Å². The van der Waals surface area contributed by atoms with E-state index >= 15 is 0 Å². The number of quaternary nitrogens is 1. The van der Waals surface area contributed by atoms with Gasteiger partial charge < -0.3 is 9.84 Å². The number of rotatable bonds is 7. The monoisotopic (exact) mass is 326 g/mol. The lowest BCUT2D eigenvalue weighted by molar-refractivity contribution is -0.859. The molecule has 7 nitrogen and oxygen atoms in total. The van der Waals surface area contributed by atoms with Crippen LogP contribution in [0.1, 0.15) is 41.0 Å². The van der Waals surface area contributed by atoms with Crippen LogP contribution in [0, 0.1) is 0 Å². The third kappa shape index (κ3) is 6.56.